The standard InChI is InChI=1S/C11H14OS/c1-12-10-4-2-9(3-5-10)8-13-11-6-7-11/h2-5,11H,6-8H2,1H3. The van der Waals surface area contributed by atoms with Gasteiger partial charge in [-0.2, -0.15) is 11.8 Å². The van der Waals surface area contributed by atoms with Crippen LogP contribution in [0.3, 0.4) is 0 Å². The molecule has 0 atom stereocenters. The molecule has 0 aromatic heterocycles. The second-order valence-corrected chi connectivity index (χ2v) is 4.65. The first-order valence-electron chi connectivity index (χ1n) is 4.63. The van der Waals surface area contributed by atoms with Crippen molar-refractivity contribution in [2.24, 2.45) is 0 Å². The summed E-state index contributed by atoms with van der Waals surface area (Å²) >= 11 is 2.07. The van der Waals surface area contributed by atoms with Gasteiger partial charge < -0.3 is 4.74 Å². The summed E-state index contributed by atoms with van der Waals surface area (Å²) in [6.45, 7) is 0. The summed E-state index contributed by atoms with van der Waals surface area (Å²) in [6, 6.07) is 8.36. The van der Waals surface area contributed by atoms with Crippen LogP contribution >= 0.6 is 11.8 Å². The van der Waals surface area contributed by atoms with Gasteiger partial charge in [-0.15, -0.1) is 0 Å². The largest absolute Gasteiger partial charge is 0.497 e. The highest BCUT2D eigenvalue weighted by atomic mass is 32.2. The molecular weight excluding hydrogens is 180 g/mol. The minimum atomic E-state index is 0.945. The van der Waals surface area contributed by atoms with Crippen molar-refractivity contribution in [3.63, 3.8) is 0 Å². The van der Waals surface area contributed by atoms with Gasteiger partial charge in [-0.05, 0) is 30.5 Å². The first-order valence-corrected chi connectivity index (χ1v) is 5.68. The van der Waals surface area contributed by atoms with E-state index in [9.17, 15) is 0 Å². The average Bonchev–Trinajstić information content (AvgIpc) is 2.99. The van der Waals surface area contributed by atoms with E-state index in [1.54, 1.807) is 7.11 Å². The van der Waals surface area contributed by atoms with Crippen molar-refractivity contribution in [3.8, 4) is 5.75 Å². The van der Waals surface area contributed by atoms with Crippen LogP contribution in [0.1, 0.15) is 18.4 Å². The minimum Gasteiger partial charge on any atom is -0.497 e. The molecule has 1 saturated carbocycles. The summed E-state index contributed by atoms with van der Waals surface area (Å²) in [5, 5.41) is 0.946. The molecule has 1 aliphatic rings. The Balaban J connectivity index is 1.88. The lowest BCUT2D eigenvalue weighted by molar-refractivity contribution is 0.414. The molecule has 1 aromatic carbocycles. The van der Waals surface area contributed by atoms with Crippen LogP contribution < -0.4 is 4.74 Å². The fraction of sp³-hybridized carbons (Fsp3) is 0.455. The Labute approximate surface area is 83.5 Å². The van der Waals surface area contributed by atoms with Crippen molar-refractivity contribution in [1.29, 1.82) is 0 Å². The molecule has 0 saturated heterocycles. The zero-order valence-electron chi connectivity index (χ0n) is 7.82. The normalized spacial score (nSPS) is 15.8. The van der Waals surface area contributed by atoms with Crippen molar-refractivity contribution in [2.75, 3.05) is 7.11 Å². The number of benzene rings is 1. The Morgan fingerprint density at radius 3 is 2.54 bits per heavy atom. The molecule has 0 heterocycles. The third-order valence-corrected chi connectivity index (χ3v) is 3.61. The van der Waals surface area contributed by atoms with Crippen LogP contribution in [0.4, 0.5) is 0 Å². The van der Waals surface area contributed by atoms with Crippen LogP contribution in [0, 0.1) is 0 Å². The Bertz CT molecular complexity index is 264. The molecule has 2 rings (SSSR count). The van der Waals surface area contributed by atoms with E-state index in [4.69, 9.17) is 4.74 Å². The van der Waals surface area contributed by atoms with Gasteiger partial charge in [0.1, 0.15) is 5.75 Å². The summed E-state index contributed by atoms with van der Waals surface area (Å²) in [7, 11) is 1.70. The van der Waals surface area contributed by atoms with Crippen LogP contribution in [0.15, 0.2) is 24.3 Å². The molecule has 0 bridgehead atoms. The lowest BCUT2D eigenvalue weighted by atomic mass is 10.2. The lowest BCUT2D eigenvalue weighted by Crippen LogP contribution is -1.85. The van der Waals surface area contributed by atoms with Gasteiger partial charge in [0, 0.05) is 11.0 Å². The summed E-state index contributed by atoms with van der Waals surface area (Å²) < 4.78 is 5.10. The molecular formula is C11H14OS. The van der Waals surface area contributed by atoms with E-state index in [0.717, 1.165) is 16.8 Å². The second-order valence-electron chi connectivity index (χ2n) is 3.36. The predicted molar refractivity (Wildman–Crippen MR) is 57.3 cm³/mol. The summed E-state index contributed by atoms with van der Waals surface area (Å²) in [4.78, 5) is 0. The van der Waals surface area contributed by atoms with E-state index in [-0.39, 0.29) is 0 Å². The van der Waals surface area contributed by atoms with Crippen LogP contribution in [-0.2, 0) is 5.75 Å². The smallest absolute Gasteiger partial charge is 0.118 e. The molecule has 2 heteroatoms. The number of methoxy groups -OCH3 is 1. The molecule has 0 aliphatic heterocycles. The van der Waals surface area contributed by atoms with Crippen molar-refractivity contribution >= 4 is 11.8 Å². The van der Waals surface area contributed by atoms with Crippen LogP contribution in [-0.4, -0.2) is 12.4 Å². The van der Waals surface area contributed by atoms with E-state index in [1.165, 1.54) is 18.4 Å². The zero-order chi connectivity index (χ0) is 9.10. The predicted octanol–water partition coefficient (Wildman–Crippen LogP) is 3.09. The maximum Gasteiger partial charge on any atom is 0.118 e. The van der Waals surface area contributed by atoms with E-state index in [2.05, 4.69) is 23.9 Å². The van der Waals surface area contributed by atoms with E-state index >= 15 is 0 Å². The lowest BCUT2D eigenvalue weighted by Gasteiger charge is -2.02. The molecule has 1 aromatic rings. The third kappa shape index (κ3) is 2.66. The van der Waals surface area contributed by atoms with E-state index < -0.39 is 0 Å². The van der Waals surface area contributed by atoms with Crippen LogP contribution in [0.25, 0.3) is 0 Å². The number of ether oxygens (including phenoxy) is 1. The quantitative estimate of drug-likeness (QED) is 0.728. The zero-order valence-corrected chi connectivity index (χ0v) is 8.64. The molecule has 13 heavy (non-hydrogen) atoms. The Kier molecular flexibility index (Phi) is 2.79. The van der Waals surface area contributed by atoms with Crippen molar-refractivity contribution in [1.82, 2.24) is 0 Å². The van der Waals surface area contributed by atoms with Gasteiger partial charge in [-0.3, -0.25) is 0 Å². The topological polar surface area (TPSA) is 9.23 Å². The van der Waals surface area contributed by atoms with Gasteiger partial charge in [-0.1, -0.05) is 12.1 Å². The second kappa shape index (κ2) is 4.05. The monoisotopic (exact) mass is 194 g/mol. The Morgan fingerprint density at radius 2 is 2.00 bits per heavy atom. The highest BCUT2D eigenvalue weighted by molar-refractivity contribution is 7.99. The van der Waals surface area contributed by atoms with Gasteiger partial charge in [0.2, 0.25) is 0 Å². The summed E-state index contributed by atoms with van der Waals surface area (Å²) in [5.74, 6) is 2.09. The third-order valence-electron chi connectivity index (χ3n) is 2.17. The van der Waals surface area contributed by atoms with Crippen molar-refractivity contribution < 1.29 is 4.74 Å². The SMILES string of the molecule is COc1ccc(CSC2CC2)cc1. The van der Waals surface area contributed by atoms with Gasteiger partial charge in [0.15, 0.2) is 0 Å². The molecule has 0 amide bonds. The minimum absolute atomic E-state index is 0.945. The van der Waals surface area contributed by atoms with Gasteiger partial charge in [0.25, 0.3) is 0 Å². The molecule has 0 N–H and O–H groups in total. The van der Waals surface area contributed by atoms with Crippen LogP contribution in [0.5, 0.6) is 5.75 Å². The number of thioether (sulfide) groups is 1. The molecule has 1 nitrogen and oxygen atoms in total. The van der Waals surface area contributed by atoms with Gasteiger partial charge in [0.05, 0.1) is 7.11 Å². The van der Waals surface area contributed by atoms with Crippen molar-refractivity contribution in [3.05, 3.63) is 29.8 Å². The molecule has 0 unspecified atom stereocenters. The maximum absolute atomic E-state index is 5.10. The molecule has 1 aliphatic carbocycles. The summed E-state index contributed by atoms with van der Waals surface area (Å²) in [5.41, 5.74) is 1.40. The first-order chi connectivity index (χ1) is 6.38. The molecule has 70 valence electrons. The van der Waals surface area contributed by atoms with Gasteiger partial charge in [-0.25, -0.2) is 0 Å². The first kappa shape index (κ1) is 8.95. The maximum atomic E-state index is 5.10. The molecule has 0 spiro atoms. The summed E-state index contributed by atoms with van der Waals surface area (Å²) in [6.07, 6.45) is 2.83. The van der Waals surface area contributed by atoms with E-state index in [1.807, 2.05) is 12.1 Å². The highest BCUT2D eigenvalue weighted by Gasteiger charge is 2.21. The van der Waals surface area contributed by atoms with Gasteiger partial charge >= 0.3 is 0 Å². The number of rotatable bonds is 4. The molecule has 0 radical (unpaired) electrons. The van der Waals surface area contributed by atoms with Crippen LogP contribution in [0.2, 0.25) is 0 Å². The number of hydrogen-bond acceptors (Lipinski definition) is 2. The average molecular weight is 194 g/mol. The molecule has 1 fully saturated rings. The fourth-order valence-electron chi connectivity index (χ4n) is 1.17. The number of hydrogen-bond donors (Lipinski definition) is 0. The Hall–Kier alpha value is -0.630. The van der Waals surface area contributed by atoms with E-state index in [0.29, 0.717) is 0 Å². The Morgan fingerprint density at radius 1 is 1.31 bits per heavy atom. The fourth-order valence-corrected chi connectivity index (χ4v) is 2.26. The van der Waals surface area contributed by atoms with Crippen molar-refractivity contribution in [2.45, 2.75) is 23.8 Å². The highest BCUT2D eigenvalue weighted by Crippen LogP contribution is 2.36.